The molecule has 1 aromatic carbocycles. The highest BCUT2D eigenvalue weighted by Gasteiger charge is 2.40. The topological polar surface area (TPSA) is 77.0 Å². The van der Waals surface area contributed by atoms with E-state index in [9.17, 15) is 9.18 Å². The Hall–Kier alpha value is -2.21. The number of rotatable bonds is 8. The van der Waals surface area contributed by atoms with Crippen LogP contribution in [-0.4, -0.2) is 31.8 Å². The van der Waals surface area contributed by atoms with E-state index in [2.05, 4.69) is 16.0 Å². The number of nitrogens with one attached hydrogen (secondary N) is 4. The van der Waals surface area contributed by atoms with Crippen LogP contribution in [0.1, 0.15) is 41.1 Å². The first-order chi connectivity index (χ1) is 11.6. The molecule has 5 nitrogen and oxygen atoms in total. The lowest BCUT2D eigenvalue weighted by atomic mass is 10.1. The van der Waals surface area contributed by atoms with Gasteiger partial charge < -0.3 is 21.4 Å². The molecule has 0 aromatic heterocycles. The van der Waals surface area contributed by atoms with Crippen molar-refractivity contribution in [1.82, 2.24) is 16.0 Å². The molecule has 2 aliphatic rings. The molecule has 128 valence electrons. The van der Waals surface area contributed by atoms with Crippen molar-refractivity contribution >= 4 is 12.1 Å². The number of amides is 1. The van der Waals surface area contributed by atoms with Crippen molar-refractivity contribution in [3.8, 4) is 0 Å². The van der Waals surface area contributed by atoms with Crippen molar-refractivity contribution in [3.63, 3.8) is 0 Å². The Morgan fingerprint density at radius 3 is 2.88 bits per heavy atom. The molecule has 2 saturated carbocycles. The fraction of sp³-hybridized carbons (Fsp3) is 0.444. The monoisotopic (exact) mass is 330 g/mol. The highest BCUT2D eigenvalue weighted by molar-refractivity contribution is 5.98. The van der Waals surface area contributed by atoms with E-state index >= 15 is 0 Å². The van der Waals surface area contributed by atoms with Gasteiger partial charge in [-0.2, -0.15) is 0 Å². The summed E-state index contributed by atoms with van der Waals surface area (Å²) in [6, 6.07) is 4.78. The second-order valence-corrected chi connectivity index (χ2v) is 6.52. The Kier molecular flexibility index (Phi) is 4.94. The minimum absolute atomic E-state index is 0.145. The zero-order chi connectivity index (χ0) is 17.1. The van der Waals surface area contributed by atoms with Crippen molar-refractivity contribution in [2.45, 2.75) is 31.2 Å². The van der Waals surface area contributed by atoms with E-state index in [1.807, 2.05) is 0 Å². The SMILES string of the molecule is CN/C=C(\C=N)NC(=O)c1ccc(F)c(C2CC2NCC2CC2)c1. The van der Waals surface area contributed by atoms with E-state index < -0.39 is 0 Å². The maximum atomic E-state index is 14.1. The van der Waals surface area contributed by atoms with Crippen molar-refractivity contribution in [1.29, 1.82) is 5.41 Å². The molecule has 24 heavy (non-hydrogen) atoms. The van der Waals surface area contributed by atoms with E-state index in [0.717, 1.165) is 25.1 Å². The molecule has 1 aromatic rings. The highest BCUT2D eigenvalue weighted by Crippen LogP contribution is 2.43. The van der Waals surface area contributed by atoms with Crippen LogP contribution >= 0.6 is 0 Å². The quantitative estimate of drug-likeness (QED) is 0.552. The summed E-state index contributed by atoms with van der Waals surface area (Å²) in [6.07, 6.45) is 6.08. The first kappa shape index (κ1) is 16.6. The second-order valence-electron chi connectivity index (χ2n) is 6.52. The predicted octanol–water partition coefficient (Wildman–Crippen LogP) is 2.12. The third kappa shape index (κ3) is 4.00. The molecule has 1 amide bonds. The van der Waals surface area contributed by atoms with Gasteiger partial charge in [-0.3, -0.25) is 4.79 Å². The molecule has 0 saturated heterocycles. The van der Waals surface area contributed by atoms with Gasteiger partial charge in [0.1, 0.15) is 5.82 Å². The smallest absolute Gasteiger partial charge is 0.255 e. The summed E-state index contributed by atoms with van der Waals surface area (Å²) >= 11 is 0. The Labute approximate surface area is 141 Å². The summed E-state index contributed by atoms with van der Waals surface area (Å²) in [5.41, 5.74) is 1.36. The normalized spacial score (nSPS) is 22.8. The number of halogens is 1. The van der Waals surface area contributed by atoms with Crippen molar-refractivity contribution in [2.75, 3.05) is 13.6 Å². The molecule has 0 aliphatic heterocycles. The fourth-order valence-electron chi connectivity index (χ4n) is 2.85. The molecule has 0 radical (unpaired) electrons. The highest BCUT2D eigenvalue weighted by atomic mass is 19.1. The largest absolute Gasteiger partial charge is 0.392 e. The number of benzene rings is 1. The minimum atomic E-state index is -0.343. The van der Waals surface area contributed by atoms with E-state index in [-0.39, 0.29) is 17.6 Å². The molecule has 0 heterocycles. The van der Waals surface area contributed by atoms with Gasteiger partial charge in [0.15, 0.2) is 0 Å². The maximum absolute atomic E-state index is 14.1. The van der Waals surface area contributed by atoms with Crippen LogP contribution in [0.15, 0.2) is 30.1 Å². The number of carbonyl (C=O) groups excluding carboxylic acids is 1. The Morgan fingerprint density at radius 1 is 1.42 bits per heavy atom. The lowest BCUT2D eigenvalue weighted by Gasteiger charge is -2.09. The van der Waals surface area contributed by atoms with Crippen LogP contribution < -0.4 is 16.0 Å². The van der Waals surface area contributed by atoms with Crippen LogP contribution in [0.5, 0.6) is 0 Å². The molecule has 3 rings (SSSR count). The fourth-order valence-corrected chi connectivity index (χ4v) is 2.85. The summed E-state index contributed by atoms with van der Waals surface area (Å²) in [5.74, 6) is 0.341. The first-order valence-electron chi connectivity index (χ1n) is 8.34. The minimum Gasteiger partial charge on any atom is -0.392 e. The van der Waals surface area contributed by atoms with Crippen LogP contribution in [0.3, 0.4) is 0 Å². The summed E-state index contributed by atoms with van der Waals surface area (Å²) in [5, 5.41) is 16.1. The number of carbonyl (C=O) groups is 1. The Bertz CT molecular complexity index is 669. The lowest BCUT2D eigenvalue weighted by Crippen LogP contribution is -2.25. The van der Waals surface area contributed by atoms with Gasteiger partial charge in [-0.05, 0) is 55.5 Å². The van der Waals surface area contributed by atoms with Crippen LogP contribution in [0.4, 0.5) is 4.39 Å². The molecule has 4 N–H and O–H groups in total. The molecular weight excluding hydrogens is 307 g/mol. The average molecular weight is 330 g/mol. The van der Waals surface area contributed by atoms with E-state index in [0.29, 0.717) is 22.9 Å². The number of hydrogen-bond donors (Lipinski definition) is 4. The van der Waals surface area contributed by atoms with Gasteiger partial charge in [-0.15, -0.1) is 0 Å². The van der Waals surface area contributed by atoms with Gasteiger partial charge in [0.05, 0.1) is 5.70 Å². The second kappa shape index (κ2) is 7.13. The molecule has 6 heteroatoms. The van der Waals surface area contributed by atoms with E-state index in [1.54, 1.807) is 13.1 Å². The standard InChI is InChI=1S/C18H23FN4O/c1-21-10-13(8-20)23-18(24)12-4-5-16(19)14(6-12)15-7-17(15)22-9-11-2-3-11/h4-6,8,10-11,15,17,20-22H,2-3,7,9H2,1H3,(H,23,24)/b13-10+,20-8?. The van der Waals surface area contributed by atoms with Gasteiger partial charge in [0.25, 0.3) is 5.91 Å². The van der Waals surface area contributed by atoms with Gasteiger partial charge in [0.2, 0.25) is 0 Å². The molecular formula is C18H23FN4O. The van der Waals surface area contributed by atoms with Crippen LogP contribution in [0.25, 0.3) is 0 Å². The average Bonchev–Trinajstić information content (AvgIpc) is 3.47. The third-order valence-electron chi connectivity index (χ3n) is 4.53. The van der Waals surface area contributed by atoms with Gasteiger partial charge in [-0.1, -0.05) is 0 Å². The van der Waals surface area contributed by atoms with Crippen LogP contribution in [0.2, 0.25) is 0 Å². The number of allylic oxidation sites excluding steroid dienone is 1. The third-order valence-corrected chi connectivity index (χ3v) is 4.53. The summed E-state index contributed by atoms with van der Waals surface area (Å²) in [6.45, 7) is 1.01. The summed E-state index contributed by atoms with van der Waals surface area (Å²) < 4.78 is 14.1. The molecule has 2 fully saturated rings. The summed E-state index contributed by atoms with van der Waals surface area (Å²) in [4.78, 5) is 12.3. The molecule has 2 aliphatic carbocycles. The first-order valence-corrected chi connectivity index (χ1v) is 8.34. The molecule has 2 unspecified atom stereocenters. The molecule has 0 spiro atoms. The van der Waals surface area contributed by atoms with Crippen molar-refractivity contribution in [2.24, 2.45) is 5.92 Å². The van der Waals surface area contributed by atoms with E-state index in [1.165, 1.54) is 31.2 Å². The summed E-state index contributed by atoms with van der Waals surface area (Å²) in [7, 11) is 1.69. The molecule has 0 bridgehead atoms. The zero-order valence-corrected chi connectivity index (χ0v) is 13.7. The predicted molar refractivity (Wildman–Crippen MR) is 91.7 cm³/mol. The Balaban J connectivity index is 1.66. The lowest BCUT2D eigenvalue weighted by molar-refractivity contribution is 0.0967. The van der Waals surface area contributed by atoms with Gasteiger partial charge in [0, 0.05) is 37.0 Å². The molecule has 2 atom stereocenters. The van der Waals surface area contributed by atoms with Crippen LogP contribution in [-0.2, 0) is 0 Å². The zero-order valence-electron chi connectivity index (χ0n) is 13.7. The van der Waals surface area contributed by atoms with Crippen molar-refractivity contribution in [3.05, 3.63) is 47.0 Å². The maximum Gasteiger partial charge on any atom is 0.255 e. The van der Waals surface area contributed by atoms with E-state index in [4.69, 9.17) is 5.41 Å². The number of hydrogen-bond acceptors (Lipinski definition) is 4. The van der Waals surface area contributed by atoms with Gasteiger partial charge in [-0.25, -0.2) is 4.39 Å². The van der Waals surface area contributed by atoms with Crippen molar-refractivity contribution < 1.29 is 9.18 Å². The van der Waals surface area contributed by atoms with Crippen LogP contribution in [0, 0.1) is 17.1 Å². The Morgan fingerprint density at radius 2 is 2.21 bits per heavy atom. The van der Waals surface area contributed by atoms with Gasteiger partial charge >= 0.3 is 0 Å².